The van der Waals surface area contributed by atoms with Gasteiger partial charge in [-0.3, -0.25) is 9.69 Å². The summed E-state index contributed by atoms with van der Waals surface area (Å²) < 4.78 is 5.79. The van der Waals surface area contributed by atoms with Crippen LogP contribution in [0.4, 0.5) is 0 Å². The highest BCUT2D eigenvalue weighted by Crippen LogP contribution is 2.59. The van der Waals surface area contributed by atoms with Crippen LogP contribution in [0.25, 0.3) is 0 Å². The molecule has 4 rings (SSSR count). The van der Waals surface area contributed by atoms with E-state index in [1.54, 1.807) is 17.4 Å². The van der Waals surface area contributed by atoms with Gasteiger partial charge in [-0.15, -0.1) is 11.3 Å². The van der Waals surface area contributed by atoms with Crippen molar-refractivity contribution in [1.82, 2.24) is 10.2 Å². The number of carbonyl (C=O) groups is 1. The molecular formula is C23H28N2O2S. The first-order chi connectivity index (χ1) is 13.7. The number of nitrogens with one attached hydrogen (secondary N) is 1. The molecule has 1 aliphatic heterocycles. The lowest BCUT2D eigenvalue weighted by atomic mass is 9.90. The smallest absolute Gasteiger partial charge is 0.223 e. The highest BCUT2D eigenvalue weighted by molar-refractivity contribution is 7.09. The summed E-state index contributed by atoms with van der Waals surface area (Å²) in [5.41, 5.74) is 1.47. The molecule has 148 valence electrons. The van der Waals surface area contributed by atoms with Crippen molar-refractivity contribution in [1.29, 1.82) is 0 Å². The largest absolute Gasteiger partial charge is 0.489 e. The monoisotopic (exact) mass is 396 g/mol. The Balaban J connectivity index is 1.26. The Labute approximate surface area is 171 Å². The van der Waals surface area contributed by atoms with Crippen LogP contribution in [0.2, 0.25) is 0 Å². The number of likely N-dealkylation sites (tertiary alicyclic amines) is 1. The summed E-state index contributed by atoms with van der Waals surface area (Å²) >= 11 is 1.69. The second-order valence-electron chi connectivity index (χ2n) is 7.90. The topological polar surface area (TPSA) is 41.6 Å². The maximum Gasteiger partial charge on any atom is 0.223 e. The Hall–Kier alpha value is -2.11. The van der Waals surface area contributed by atoms with Crippen molar-refractivity contribution in [2.45, 2.75) is 32.4 Å². The molecule has 1 aliphatic carbocycles. The fraction of sp³-hybridized carbons (Fsp3) is 0.435. The summed E-state index contributed by atoms with van der Waals surface area (Å²) in [5.74, 6) is 1.39. The predicted molar refractivity (Wildman–Crippen MR) is 113 cm³/mol. The van der Waals surface area contributed by atoms with Gasteiger partial charge in [0.15, 0.2) is 0 Å². The molecule has 28 heavy (non-hydrogen) atoms. The van der Waals surface area contributed by atoms with Crippen molar-refractivity contribution in [2.75, 3.05) is 19.7 Å². The summed E-state index contributed by atoms with van der Waals surface area (Å²) in [5, 5.41) is 5.18. The fourth-order valence-electron chi connectivity index (χ4n) is 4.30. The van der Waals surface area contributed by atoms with Gasteiger partial charge in [-0.25, -0.2) is 0 Å². The number of carbonyl (C=O) groups excluding carboxylic acids is 1. The minimum absolute atomic E-state index is 0.206. The van der Waals surface area contributed by atoms with Crippen LogP contribution < -0.4 is 10.1 Å². The molecule has 5 heteroatoms. The molecule has 1 saturated carbocycles. The number of ether oxygens (including phenoxy) is 1. The first-order valence-corrected chi connectivity index (χ1v) is 10.9. The quantitative estimate of drug-likeness (QED) is 0.679. The SMILES string of the molecule is C=CCOc1ccccc1CN1CCC2(CC1)CC2C(=O)NCc1cccs1. The first kappa shape index (κ1) is 19.2. The van der Waals surface area contributed by atoms with Crippen LogP contribution in [0.15, 0.2) is 54.4 Å². The van der Waals surface area contributed by atoms with E-state index in [0.717, 1.165) is 44.6 Å². The van der Waals surface area contributed by atoms with Crippen LogP contribution in [-0.4, -0.2) is 30.5 Å². The summed E-state index contributed by atoms with van der Waals surface area (Å²) in [4.78, 5) is 16.3. The average Bonchev–Trinajstić information content (AvgIpc) is 3.16. The number of amides is 1. The Kier molecular flexibility index (Phi) is 5.83. The van der Waals surface area contributed by atoms with Gasteiger partial charge in [0.1, 0.15) is 12.4 Å². The predicted octanol–water partition coefficient (Wildman–Crippen LogP) is 4.23. The molecule has 2 aliphatic rings. The molecule has 1 aromatic carbocycles. The highest BCUT2D eigenvalue weighted by Gasteiger charge is 2.58. The van der Waals surface area contributed by atoms with Gasteiger partial charge in [-0.2, -0.15) is 0 Å². The highest BCUT2D eigenvalue weighted by atomic mass is 32.1. The molecule has 1 atom stereocenters. The number of rotatable bonds is 8. The normalized spacial score (nSPS) is 20.6. The van der Waals surface area contributed by atoms with Gasteiger partial charge in [0.05, 0.1) is 6.54 Å². The van der Waals surface area contributed by atoms with Gasteiger partial charge in [-0.1, -0.05) is 36.9 Å². The molecular weight excluding hydrogens is 368 g/mol. The molecule has 0 bridgehead atoms. The van der Waals surface area contributed by atoms with E-state index in [9.17, 15) is 4.79 Å². The average molecular weight is 397 g/mol. The third-order valence-corrected chi connectivity index (χ3v) is 6.97. The summed E-state index contributed by atoms with van der Waals surface area (Å²) in [6.45, 7) is 7.91. The van der Waals surface area contributed by atoms with Crippen molar-refractivity contribution in [3.8, 4) is 5.75 Å². The van der Waals surface area contributed by atoms with E-state index in [0.29, 0.717) is 13.2 Å². The van der Waals surface area contributed by atoms with Crippen LogP contribution in [0.5, 0.6) is 5.75 Å². The number of hydrogen-bond acceptors (Lipinski definition) is 4. The van der Waals surface area contributed by atoms with Gasteiger partial charge >= 0.3 is 0 Å². The van der Waals surface area contributed by atoms with Crippen LogP contribution >= 0.6 is 11.3 Å². The fourth-order valence-corrected chi connectivity index (χ4v) is 4.95. The van der Waals surface area contributed by atoms with Crippen molar-refractivity contribution in [3.63, 3.8) is 0 Å². The van der Waals surface area contributed by atoms with Gasteiger partial charge in [-0.05, 0) is 55.3 Å². The Morgan fingerprint density at radius 1 is 1.29 bits per heavy atom. The zero-order valence-corrected chi connectivity index (χ0v) is 17.0. The summed E-state index contributed by atoms with van der Waals surface area (Å²) in [6, 6.07) is 12.3. The zero-order chi connectivity index (χ0) is 19.4. The van der Waals surface area contributed by atoms with E-state index >= 15 is 0 Å². The summed E-state index contributed by atoms with van der Waals surface area (Å²) in [6.07, 6.45) is 5.05. The zero-order valence-electron chi connectivity index (χ0n) is 16.2. The van der Waals surface area contributed by atoms with E-state index in [2.05, 4.69) is 40.4 Å². The Bertz CT molecular complexity index is 810. The van der Waals surface area contributed by atoms with E-state index in [1.807, 2.05) is 18.2 Å². The third kappa shape index (κ3) is 4.31. The van der Waals surface area contributed by atoms with Crippen LogP contribution in [0.3, 0.4) is 0 Å². The second kappa shape index (κ2) is 8.50. The molecule has 1 spiro atoms. The number of para-hydroxylation sites is 1. The molecule has 2 aromatic rings. The molecule has 1 saturated heterocycles. The number of benzene rings is 1. The van der Waals surface area contributed by atoms with E-state index in [1.165, 1.54) is 10.4 Å². The first-order valence-electron chi connectivity index (χ1n) is 10.0. The molecule has 1 unspecified atom stereocenters. The number of hydrogen-bond donors (Lipinski definition) is 1. The maximum atomic E-state index is 12.5. The van der Waals surface area contributed by atoms with Gasteiger partial charge < -0.3 is 10.1 Å². The lowest BCUT2D eigenvalue weighted by Crippen LogP contribution is -2.36. The van der Waals surface area contributed by atoms with E-state index in [-0.39, 0.29) is 17.2 Å². The van der Waals surface area contributed by atoms with Crippen LogP contribution in [0, 0.1) is 11.3 Å². The molecule has 0 radical (unpaired) electrons. The standard InChI is InChI=1S/C23H28N2O2S/c1-2-13-27-21-8-4-3-6-18(21)17-25-11-9-23(10-12-25)15-20(23)22(26)24-16-19-7-5-14-28-19/h2-8,14,20H,1,9-13,15-17H2,(H,24,26). The van der Waals surface area contributed by atoms with Gasteiger partial charge in [0.25, 0.3) is 0 Å². The third-order valence-electron chi connectivity index (χ3n) is 6.10. The lowest BCUT2D eigenvalue weighted by molar-refractivity contribution is -0.123. The van der Waals surface area contributed by atoms with Crippen molar-refractivity contribution < 1.29 is 9.53 Å². The van der Waals surface area contributed by atoms with Crippen molar-refractivity contribution in [2.24, 2.45) is 11.3 Å². The van der Waals surface area contributed by atoms with Crippen LogP contribution in [0.1, 0.15) is 29.7 Å². The molecule has 1 aromatic heterocycles. The van der Waals surface area contributed by atoms with Crippen molar-refractivity contribution in [3.05, 3.63) is 64.9 Å². The number of nitrogens with zero attached hydrogens (tertiary/aromatic N) is 1. The molecule has 4 nitrogen and oxygen atoms in total. The lowest BCUT2D eigenvalue weighted by Gasteiger charge is -2.33. The minimum Gasteiger partial charge on any atom is -0.489 e. The Morgan fingerprint density at radius 3 is 2.86 bits per heavy atom. The van der Waals surface area contributed by atoms with E-state index < -0.39 is 0 Å². The number of piperidine rings is 1. The molecule has 2 heterocycles. The maximum absolute atomic E-state index is 12.5. The second-order valence-corrected chi connectivity index (χ2v) is 8.93. The molecule has 1 N–H and O–H groups in total. The molecule has 2 fully saturated rings. The van der Waals surface area contributed by atoms with Crippen molar-refractivity contribution >= 4 is 17.2 Å². The van der Waals surface area contributed by atoms with E-state index in [4.69, 9.17) is 4.74 Å². The summed E-state index contributed by atoms with van der Waals surface area (Å²) in [7, 11) is 0. The van der Waals surface area contributed by atoms with Gasteiger partial charge in [0.2, 0.25) is 5.91 Å². The molecule has 1 amide bonds. The minimum atomic E-state index is 0.206. The van der Waals surface area contributed by atoms with Crippen LogP contribution in [-0.2, 0) is 17.9 Å². The number of thiophene rings is 1. The Morgan fingerprint density at radius 2 is 2.11 bits per heavy atom. The van der Waals surface area contributed by atoms with Gasteiger partial charge in [0, 0.05) is 22.9 Å².